The Morgan fingerprint density at radius 1 is 1.17 bits per heavy atom. The molecule has 0 aliphatic rings. The molecular weight excluding hydrogens is 494 g/mol. The van der Waals surface area contributed by atoms with Crippen LogP contribution in [0.4, 0.5) is 8.78 Å². The van der Waals surface area contributed by atoms with Crippen LogP contribution < -0.4 is 15.2 Å². The Bertz CT molecular complexity index is 1620. The number of benzene rings is 1. The van der Waals surface area contributed by atoms with Gasteiger partial charge in [-0.3, -0.25) is 9.13 Å². The monoisotopic (exact) mass is 518 g/mol. The highest BCUT2D eigenvalue weighted by atomic mass is 32.2. The van der Waals surface area contributed by atoms with E-state index in [0.717, 1.165) is 12.3 Å². The number of ether oxygens (including phenoxy) is 2. The number of aromatic nitrogens is 4. The minimum Gasteiger partial charge on any atom is -0.491 e. The molecule has 12 heteroatoms. The van der Waals surface area contributed by atoms with E-state index in [1.54, 1.807) is 19.1 Å². The fraction of sp³-hybridized carbons (Fsp3) is 0.292. The molecule has 3 aromatic heterocycles. The van der Waals surface area contributed by atoms with Crippen LogP contribution in [0, 0.1) is 11.6 Å². The van der Waals surface area contributed by atoms with Gasteiger partial charge in [-0.2, -0.15) is 0 Å². The molecule has 36 heavy (non-hydrogen) atoms. The number of fused-ring (bicyclic) bond motifs is 1. The van der Waals surface area contributed by atoms with Crippen LogP contribution in [-0.4, -0.2) is 53.2 Å². The van der Waals surface area contributed by atoms with Gasteiger partial charge in [-0.15, -0.1) is 0 Å². The van der Waals surface area contributed by atoms with E-state index in [-0.39, 0.29) is 28.3 Å². The van der Waals surface area contributed by atoms with Gasteiger partial charge in [0.05, 0.1) is 36.7 Å². The predicted octanol–water partition coefficient (Wildman–Crippen LogP) is 3.12. The second-order valence-corrected chi connectivity index (χ2v) is 10.3. The van der Waals surface area contributed by atoms with E-state index < -0.39 is 39.0 Å². The number of hydrogen-bond acceptors (Lipinski definition) is 7. The van der Waals surface area contributed by atoms with Crippen molar-refractivity contribution in [3.8, 4) is 22.8 Å². The molecule has 1 atom stereocenters. The normalized spacial score (nSPS) is 12.6. The largest absolute Gasteiger partial charge is 0.491 e. The number of rotatable bonds is 8. The van der Waals surface area contributed by atoms with Crippen molar-refractivity contribution in [2.24, 2.45) is 7.05 Å². The van der Waals surface area contributed by atoms with Crippen LogP contribution in [0.1, 0.15) is 18.7 Å². The predicted molar refractivity (Wildman–Crippen MR) is 130 cm³/mol. The van der Waals surface area contributed by atoms with E-state index in [2.05, 4.69) is 9.97 Å². The molecule has 0 spiro atoms. The van der Waals surface area contributed by atoms with Gasteiger partial charge in [0.25, 0.3) is 5.88 Å². The van der Waals surface area contributed by atoms with E-state index in [0.29, 0.717) is 17.9 Å². The van der Waals surface area contributed by atoms with Crippen molar-refractivity contribution in [3.63, 3.8) is 0 Å². The molecule has 4 aromatic rings. The second-order valence-electron chi connectivity index (χ2n) is 8.16. The van der Waals surface area contributed by atoms with Gasteiger partial charge in [-0.1, -0.05) is 12.1 Å². The number of halogens is 2. The third-order valence-corrected chi connectivity index (χ3v) is 6.58. The topological polar surface area (TPSA) is 105 Å². The molecule has 0 amide bonds. The fourth-order valence-corrected chi connectivity index (χ4v) is 4.88. The van der Waals surface area contributed by atoms with E-state index in [4.69, 9.17) is 9.47 Å². The minimum atomic E-state index is -3.60. The molecule has 1 aromatic carbocycles. The lowest BCUT2D eigenvalue weighted by Gasteiger charge is -2.19. The number of pyridine rings is 2. The van der Waals surface area contributed by atoms with Gasteiger partial charge in [-0.05, 0) is 31.2 Å². The van der Waals surface area contributed by atoms with E-state index >= 15 is 0 Å². The Morgan fingerprint density at radius 3 is 2.58 bits per heavy atom. The van der Waals surface area contributed by atoms with Crippen LogP contribution in [0.3, 0.4) is 0 Å². The first kappa shape index (κ1) is 25.3. The van der Waals surface area contributed by atoms with E-state index in [1.165, 1.54) is 47.7 Å². The zero-order chi connectivity index (χ0) is 26.2. The van der Waals surface area contributed by atoms with Gasteiger partial charge in [0.15, 0.2) is 23.0 Å². The van der Waals surface area contributed by atoms with Crippen molar-refractivity contribution < 1.29 is 26.7 Å². The first-order chi connectivity index (χ1) is 17.1. The van der Waals surface area contributed by atoms with Crippen LogP contribution in [0.15, 0.2) is 47.4 Å². The van der Waals surface area contributed by atoms with E-state index in [9.17, 15) is 22.0 Å². The maximum Gasteiger partial charge on any atom is 0.330 e. The van der Waals surface area contributed by atoms with Gasteiger partial charge in [0.2, 0.25) is 0 Å². The number of nitrogens with zero attached hydrogens (tertiary/aromatic N) is 4. The molecule has 3 heterocycles. The summed E-state index contributed by atoms with van der Waals surface area (Å²) in [4.78, 5) is 22.2. The number of sulfone groups is 1. The Balaban J connectivity index is 1.94. The molecule has 0 aliphatic heterocycles. The van der Waals surface area contributed by atoms with Crippen molar-refractivity contribution in [1.29, 1.82) is 0 Å². The van der Waals surface area contributed by atoms with Crippen molar-refractivity contribution in [1.82, 2.24) is 19.1 Å². The van der Waals surface area contributed by atoms with Gasteiger partial charge >= 0.3 is 5.69 Å². The number of aryl methyl sites for hydroxylation is 1. The molecule has 0 radical (unpaired) electrons. The van der Waals surface area contributed by atoms with Gasteiger partial charge in [0.1, 0.15) is 9.84 Å². The van der Waals surface area contributed by atoms with Crippen LogP contribution in [-0.2, 0) is 16.9 Å². The summed E-state index contributed by atoms with van der Waals surface area (Å²) in [6.07, 6.45) is 2.36. The molecule has 0 N–H and O–H groups in total. The summed E-state index contributed by atoms with van der Waals surface area (Å²) < 4.78 is 66.2. The van der Waals surface area contributed by atoms with Crippen molar-refractivity contribution in [2.45, 2.75) is 13.0 Å². The number of hydrogen-bond donors (Lipinski definition) is 0. The Labute approximate surface area is 205 Å². The highest BCUT2D eigenvalue weighted by Gasteiger charge is 2.28. The summed E-state index contributed by atoms with van der Waals surface area (Å²) in [6, 6.07) is 7.37. The zero-order valence-corrected chi connectivity index (χ0v) is 20.8. The summed E-state index contributed by atoms with van der Waals surface area (Å²) in [5, 5.41) is 0. The van der Waals surface area contributed by atoms with Crippen molar-refractivity contribution in [2.75, 3.05) is 25.7 Å². The quantitative estimate of drug-likeness (QED) is 0.353. The number of methoxy groups -OCH3 is 1. The maximum absolute atomic E-state index is 14.4. The lowest BCUT2D eigenvalue weighted by atomic mass is 10.1. The average Bonchev–Trinajstić information content (AvgIpc) is 3.08. The molecule has 0 saturated heterocycles. The third-order valence-electron chi connectivity index (χ3n) is 5.65. The average molecular weight is 519 g/mol. The maximum atomic E-state index is 14.4. The van der Waals surface area contributed by atoms with E-state index in [1.807, 2.05) is 0 Å². The Kier molecular flexibility index (Phi) is 6.81. The van der Waals surface area contributed by atoms with Crippen LogP contribution >= 0.6 is 0 Å². The summed E-state index contributed by atoms with van der Waals surface area (Å²) in [7, 11) is -0.663. The molecule has 9 nitrogen and oxygen atoms in total. The summed E-state index contributed by atoms with van der Waals surface area (Å²) in [5.41, 5.74) is 0.397. The second kappa shape index (κ2) is 9.69. The molecule has 1 unspecified atom stereocenters. The van der Waals surface area contributed by atoms with Crippen molar-refractivity contribution in [3.05, 3.63) is 70.4 Å². The summed E-state index contributed by atoms with van der Waals surface area (Å²) in [6.45, 7) is 2.05. The van der Waals surface area contributed by atoms with Gasteiger partial charge in [0, 0.05) is 30.6 Å². The highest BCUT2D eigenvalue weighted by molar-refractivity contribution is 7.90. The van der Waals surface area contributed by atoms with Crippen LogP contribution in [0.25, 0.3) is 22.3 Å². The SMILES string of the molecule is CCOc1nc(C(CS(C)(=O)=O)n2c(=O)n(C)c3cc(-c4cccc(F)c4F)cnc32)ccc1OC. The Morgan fingerprint density at radius 2 is 1.92 bits per heavy atom. The molecule has 0 saturated carbocycles. The minimum absolute atomic E-state index is 0.0181. The van der Waals surface area contributed by atoms with Crippen molar-refractivity contribution >= 4 is 21.0 Å². The van der Waals surface area contributed by atoms with Gasteiger partial charge < -0.3 is 9.47 Å². The lowest BCUT2D eigenvalue weighted by Crippen LogP contribution is -2.31. The summed E-state index contributed by atoms with van der Waals surface area (Å²) >= 11 is 0. The number of imidazole rings is 1. The molecular formula is C24H24F2N4O5S. The van der Waals surface area contributed by atoms with Gasteiger partial charge in [-0.25, -0.2) is 32.0 Å². The first-order valence-electron chi connectivity index (χ1n) is 10.9. The standard InChI is InChI=1S/C24H24F2N4O5S/c1-5-35-23-20(34-3)10-9-17(28-23)19(13-36(4,32)33)30-22-18(29(2)24(30)31)11-14(12-27-22)15-7-6-8-16(25)21(15)26/h6-12,19H,5,13H2,1-4H3. The first-order valence-corrected chi connectivity index (χ1v) is 13.0. The lowest BCUT2D eigenvalue weighted by molar-refractivity contribution is 0.296. The summed E-state index contributed by atoms with van der Waals surface area (Å²) in [5.74, 6) is -1.99. The van der Waals surface area contributed by atoms with Crippen LogP contribution in [0.2, 0.25) is 0 Å². The zero-order valence-electron chi connectivity index (χ0n) is 20.0. The highest BCUT2D eigenvalue weighted by Crippen LogP contribution is 2.31. The smallest absolute Gasteiger partial charge is 0.330 e. The molecule has 0 bridgehead atoms. The molecule has 190 valence electrons. The Hall–Kier alpha value is -3.80. The molecule has 0 fully saturated rings. The molecule has 0 aliphatic carbocycles. The van der Waals surface area contributed by atoms with Crippen LogP contribution in [0.5, 0.6) is 11.6 Å². The molecule has 4 rings (SSSR count). The third kappa shape index (κ3) is 4.68. The fourth-order valence-electron chi connectivity index (χ4n) is 3.99.